The van der Waals surface area contributed by atoms with Gasteiger partial charge in [-0.3, -0.25) is 9.59 Å². The molecule has 4 rings (SSSR count). The van der Waals surface area contributed by atoms with E-state index in [2.05, 4.69) is 13.8 Å². The number of carbonyl (C=O) groups excluding carboxylic acids is 2. The second kappa shape index (κ2) is 7.74. The van der Waals surface area contributed by atoms with Crippen LogP contribution in [0.5, 0.6) is 0 Å². The van der Waals surface area contributed by atoms with Crippen LogP contribution >= 0.6 is 0 Å². The summed E-state index contributed by atoms with van der Waals surface area (Å²) in [5, 5.41) is 30.8. The van der Waals surface area contributed by atoms with Crippen LogP contribution in [0.15, 0.2) is 11.6 Å². The van der Waals surface area contributed by atoms with Crippen molar-refractivity contribution in [1.29, 1.82) is 0 Å². The lowest BCUT2D eigenvalue weighted by atomic mass is 9.41. The second-order valence-electron chi connectivity index (χ2n) is 12.6. The van der Waals surface area contributed by atoms with Crippen molar-refractivity contribution in [1.82, 2.24) is 0 Å². The van der Waals surface area contributed by atoms with Gasteiger partial charge in [0.25, 0.3) is 0 Å². The first-order chi connectivity index (χ1) is 14.8. The van der Waals surface area contributed by atoms with Crippen LogP contribution in [0.2, 0.25) is 0 Å². The molecule has 3 fully saturated rings. The highest BCUT2D eigenvalue weighted by molar-refractivity contribution is 6.04. The van der Waals surface area contributed by atoms with Crippen LogP contribution in [0.4, 0.5) is 0 Å². The molecule has 32 heavy (non-hydrogen) atoms. The number of carbonyl (C=O) groups is 2. The molecule has 5 heteroatoms. The molecular weight excluding hydrogens is 404 g/mol. The number of fused-ring (bicyclic) bond motifs is 2. The molecular formula is C27H42O5. The van der Waals surface area contributed by atoms with E-state index >= 15 is 0 Å². The lowest BCUT2D eigenvalue weighted by Gasteiger charge is -2.61. The number of aliphatic hydroxyl groups excluding tert-OH is 2. The lowest BCUT2D eigenvalue weighted by molar-refractivity contribution is -0.168. The molecule has 0 saturated heterocycles. The Kier molecular flexibility index (Phi) is 5.83. The van der Waals surface area contributed by atoms with E-state index in [0.717, 1.165) is 38.5 Å². The standard InChI is InChI=1S/C27H42O5/c1-16(7-6-11-24(2,3)32)17-8-9-23(31)27-15-20(29)18-13-19(28)21(30)14-25(18,4)22(27)10-12-26(17,27)5/h13,16-17,19,21-22,28,30,32H,6-12,14-15H2,1-5H3. The maximum absolute atomic E-state index is 13.7. The summed E-state index contributed by atoms with van der Waals surface area (Å²) in [5.74, 6) is 1.06. The summed E-state index contributed by atoms with van der Waals surface area (Å²) in [7, 11) is 0. The van der Waals surface area contributed by atoms with Gasteiger partial charge in [0, 0.05) is 29.2 Å². The van der Waals surface area contributed by atoms with E-state index in [1.165, 1.54) is 0 Å². The van der Waals surface area contributed by atoms with Gasteiger partial charge in [-0.15, -0.1) is 0 Å². The third-order valence-electron chi connectivity index (χ3n) is 10.2. The van der Waals surface area contributed by atoms with Crippen LogP contribution in [0.25, 0.3) is 0 Å². The molecule has 3 saturated carbocycles. The molecule has 4 aliphatic carbocycles. The summed E-state index contributed by atoms with van der Waals surface area (Å²) in [6.45, 7) is 10.3. The van der Waals surface area contributed by atoms with Crippen LogP contribution < -0.4 is 0 Å². The highest BCUT2D eigenvalue weighted by Gasteiger charge is 2.72. The Morgan fingerprint density at radius 3 is 2.53 bits per heavy atom. The topological polar surface area (TPSA) is 94.8 Å². The predicted octanol–water partition coefficient (Wildman–Crippen LogP) is 3.98. The minimum Gasteiger partial charge on any atom is -0.390 e. The van der Waals surface area contributed by atoms with Gasteiger partial charge in [-0.2, -0.15) is 0 Å². The summed E-state index contributed by atoms with van der Waals surface area (Å²) in [6, 6.07) is 0. The molecule has 0 bridgehead atoms. The Morgan fingerprint density at radius 2 is 1.88 bits per heavy atom. The van der Waals surface area contributed by atoms with E-state index in [1.54, 1.807) is 6.08 Å². The minimum absolute atomic E-state index is 0.00786. The van der Waals surface area contributed by atoms with Gasteiger partial charge in [-0.25, -0.2) is 0 Å². The fourth-order valence-electron chi connectivity index (χ4n) is 8.65. The Hall–Kier alpha value is -1.04. The molecule has 3 N–H and O–H groups in total. The van der Waals surface area contributed by atoms with Crippen LogP contribution in [0.1, 0.15) is 92.4 Å². The molecule has 0 amide bonds. The van der Waals surface area contributed by atoms with E-state index in [9.17, 15) is 24.9 Å². The largest absolute Gasteiger partial charge is 0.390 e. The van der Waals surface area contributed by atoms with Gasteiger partial charge in [0.05, 0.1) is 17.8 Å². The smallest absolute Gasteiger partial charge is 0.160 e. The van der Waals surface area contributed by atoms with Crippen LogP contribution in [0, 0.1) is 34.0 Å². The van der Waals surface area contributed by atoms with Gasteiger partial charge in [0.2, 0.25) is 0 Å². The highest BCUT2D eigenvalue weighted by Crippen LogP contribution is 2.74. The average Bonchev–Trinajstić information content (AvgIpc) is 2.99. The summed E-state index contributed by atoms with van der Waals surface area (Å²) < 4.78 is 0. The zero-order valence-corrected chi connectivity index (χ0v) is 20.5. The molecule has 0 aromatic carbocycles. The summed E-state index contributed by atoms with van der Waals surface area (Å²) in [4.78, 5) is 27.2. The molecule has 4 aliphatic rings. The number of Topliss-reactive ketones (excluding diaryl/α,β-unsaturated/α-hetero) is 2. The number of allylic oxidation sites excluding steroid dienone is 1. The second-order valence-corrected chi connectivity index (χ2v) is 12.6. The number of aliphatic hydroxyl groups is 3. The predicted molar refractivity (Wildman–Crippen MR) is 123 cm³/mol. The van der Waals surface area contributed by atoms with Crippen molar-refractivity contribution in [2.75, 3.05) is 0 Å². The third-order valence-corrected chi connectivity index (χ3v) is 10.2. The first-order valence-electron chi connectivity index (χ1n) is 12.6. The van der Waals surface area contributed by atoms with Gasteiger partial charge in [-0.1, -0.05) is 33.6 Å². The Bertz CT molecular complexity index is 824. The highest BCUT2D eigenvalue weighted by atomic mass is 16.3. The van der Waals surface area contributed by atoms with Crippen LogP contribution in [-0.4, -0.2) is 44.7 Å². The SMILES string of the molecule is CC(CCCC(C)(C)O)C1CCC(=O)C23CC(=O)C4=CC(O)C(O)CC4(C)C2CCC13C. The van der Waals surface area contributed by atoms with Gasteiger partial charge in [-0.05, 0) is 75.2 Å². The number of ketones is 2. The fraction of sp³-hybridized carbons (Fsp3) is 0.852. The summed E-state index contributed by atoms with van der Waals surface area (Å²) >= 11 is 0. The number of hydrogen-bond acceptors (Lipinski definition) is 5. The van der Waals surface area contributed by atoms with E-state index in [1.807, 2.05) is 20.8 Å². The average molecular weight is 447 g/mol. The molecule has 0 aliphatic heterocycles. The molecule has 8 unspecified atom stereocenters. The van der Waals surface area contributed by atoms with Crippen molar-refractivity contribution < 1.29 is 24.9 Å². The monoisotopic (exact) mass is 446 g/mol. The quantitative estimate of drug-likeness (QED) is 0.594. The molecule has 0 radical (unpaired) electrons. The molecule has 180 valence electrons. The van der Waals surface area contributed by atoms with Crippen molar-refractivity contribution in [3.05, 3.63) is 11.6 Å². The summed E-state index contributed by atoms with van der Waals surface area (Å²) in [6.07, 6.45) is 6.22. The summed E-state index contributed by atoms with van der Waals surface area (Å²) in [5.41, 5.74) is -1.47. The van der Waals surface area contributed by atoms with Crippen molar-refractivity contribution >= 4 is 11.6 Å². The number of rotatable bonds is 5. The molecule has 0 aromatic rings. The van der Waals surface area contributed by atoms with Crippen molar-refractivity contribution in [3.63, 3.8) is 0 Å². The molecule has 0 heterocycles. The van der Waals surface area contributed by atoms with Crippen LogP contribution in [-0.2, 0) is 9.59 Å². The van der Waals surface area contributed by atoms with Crippen molar-refractivity contribution in [3.8, 4) is 0 Å². The van der Waals surface area contributed by atoms with Gasteiger partial charge in [0.15, 0.2) is 5.78 Å². The molecule has 5 nitrogen and oxygen atoms in total. The van der Waals surface area contributed by atoms with Crippen LogP contribution in [0.3, 0.4) is 0 Å². The van der Waals surface area contributed by atoms with E-state index in [0.29, 0.717) is 30.3 Å². The van der Waals surface area contributed by atoms with Crippen molar-refractivity contribution in [2.24, 2.45) is 34.0 Å². The van der Waals surface area contributed by atoms with Gasteiger partial charge in [0.1, 0.15) is 5.78 Å². The Balaban J connectivity index is 1.69. The molecule has 8 atom stereocenters. The number of hydrogen-bond donors (Lipinski definition) is 3. The first kappa shape index (κ1) is 24.1. The molecule has 0 aromatic heterocycles. The van der Waals surface area contributed by atoms with Gasteiger partial charge < -0.3 is 15.3 Å². The van der Waals surface area contributed by atoms with Crippen molar-refractivity contribution in [2.45, 2.75) is 110 Å². The van der Waals surface area contributed by atoms with E-state index < -0.39 is 28.6 Å². The first-order valence-corrected chi connectivity index (χ1v) is 12.6. The molecule has 1 spiro atoms. The lowest BCUT2D eigenvalue weighted by Crippen LogP contribution is -2.62. The zero-order valence-electron chi connectivity index (χ0n) is 20.5. The van der Waals surface area contributed by atoms with E-state index in [-0.39, 0.29) is 29.3 Å². The minimum atomic E-state index is -1.01. The Morgan fingerprint density at radius 1 is 1.19 bits per heavy atom. The van der Waals surface area contributed by atoms with Gasteiger partial charge >= 0.3 is 0 Å². The maximum atomic E-state index is 13.7. The third kappa shape index (κ3) is 3.37. The normalized spacial score (nSPS) is 45.1. The van der Waals surface area contributed by atoms with E-state index in [4.69, 9.17) is 0 Å². The maximum Gasteiger partial charge on any atom is 0.160 e. The Labute approximate surface area is 192 Å². The zero-order chi connectivity index (χ0) is 23.7. The fourth-order valence-corrected chi connectivity index (χ4v) is 8.65.